The first-order valence-electron chi connectivity index (χ1n) is 6.95. The summed E-state index contributed by atoms with van der Waals surface area (Å²) >= 11 is 1.72. The fourth-order valence-electron chi connectivity index (χ4n) is 4.00. The van der Waals surface area contributed by atoms with Crippen LogP contribution in [0.1, 0.15) is 25.0 Å². The Morgan fingerprint density at radius 2 is 2.33 bits per heavy atom. The number of rotatable bonds is 4. The van der Waals surface area contributed by atoms with Gasteiger partial charge in [0, 0.05) is 30.2 Å². The minimum absolute atomic E-state index is 0.630. The lowest BCUT2D eigenvalue weighted by atomic mass is 10.0. The van der Waals surface area contributed by atoms with Crippen molar-refractivity contribution in [3.05, 3.63) is 23.5 Å². The van der Waals surface area contributed by atoms with E-state index in [1.54, 1.807) is 11.3 Å². The molecule has 3 nitrogen and oxygen atoms in total. The predicted octanol–water partition coefficient (Wildman–Crippen LogP) is 2.57. The van der Waals surface area contributed by atoms with E-state index in [2.05, 4.69) is 34.5 Å². The molecule has 0 saturated heterocycles. The van der Waals surface area contributed by atoms with E-state index in [1.165, 1.54) is 25.0 Å². The molecule has 2 aliphatic rings. The van der Waals surface area contributed by atoms with Gasteiger partial charge in [-0.3, -0.25) is 4.40 Å². The largest absolute Gasteiger partial charge is 0.316 e. The van der Waals surface area contributed by atoms with Crippen LogP contribution in [0.15, 0.2) is 17.8 Å². The predicted molar refractivity (Wildman–Crippen MR) is 73.9 cm³/mol. The molecule has 0 bridgehead atoms. The summed E-state index contributed by atoms with van der Waals surface area (Å²) in [6.45, 7) is 0. The summed E-state index contributed by atoms with van der Waals surface area (Å²) in [7, 11) is 2.11. The molecule has 96 valence electrons. The summed E-state index contributed by atoms with van der Waals surface area (Å²) in [4.78, 5) is 5.83. The van der Waals surface area contributed by atoms with Crippen LogP contribution in [-0.4, -0.2) is 22.5 Å². The van der Waals surface area contributed by atoms with E-state index in [-0.39, 0.29) is 0 Å². The van der Waals surface area contributed by atoms with Gasteiger partial charge in [-0.25, -0.2) is 4.98 Å². The lowest BCUT2D eigenvalue weighted by molar-refractivity contribution is 0.426. The van der Waals surface area contributed by atoms with Crippen LogP contribution in [0.2, 0.25) is 0 Å². The van der Waals surface area contributed by atoms with Gasteiger partial charge in [-0.05, 0) is 37.6 Å². The highest BCUT2D eigenvalue weighted by molar-refractivity contribution is 7.15. The number of fused-ring (bicyclic) bond motifs is 2. The molecule has 2 saturated carbocycles. The molecule has 2 fully saturated rings. The SMILES string of the molecule is CNC(Cc1cn2ccsc2n1)C1C2CCCC21. The third-order valence-electron chi connectivity index (χ3n) is 4.88. The Bertz CT molecular complexity index is 520. The van der Waals surface area contributed by atoms with Crippen molar-refractivity contribution in [2.75, 3.05) is 7.05 Å². The molecule has 4 heteroatoms. The molecule has 2 aromatic rings. The number of thiazole rings is 1. The Morgan fingerprint density at radius 1 is 1.50 bits per heavy atom. The van der Waals surface area contributed by atoms with Gasteiger partial charge >= 0.3 is 0 Å². The molecule has 0 aromatic carbocycles. The molecule has 2 aromatic heterocycles. The van der Waals surface area contributed by atoms with Crippen LogP contribution in [0.5, 0.6) is 0 Å². The van der Waals surface area contributed by atoms with E-state index < -0.39 is 0 Å². The first kappa shape index (κ1) is 11.0. The van der Waals surface area contributed by atoms with Crippen LogP contribution in [0, 0.1) is 17.8 Å². The van der Waals surface area contributed by atoms with Gasteiger partial charge in [0.15, 0.2) is 4.96 Å². The summed E-state index contributed by atoms with van der Waals surface area (Å²) in [5.41, 5.74) is 1.24. The van der Waals surface area contributed by atoms with Crippen molar-refractivity contribution in [1.82, 2.24) is 14.7 Å². The van der Waals surface area contributed by atoms with Crippen molar-refractivity contribution >= 4 is 16.3 Å². The summed E-state index contributed by atoms with van der Waals surface area (Å²) in [5.74, 6) is 2.96. The van der Waals surface area contributed by atoms with Crippen LogP contribution in [0.3, 0.4) is 0 Å². The standard InChI is InChI=1S/C14H19N3S/c1-15-12(13-10-3-2-4-11(10)13)7-9-8-17-5-6-18-14(17)16-9/h5-6,8,10-13,15H,2-4,7H2,1H3. The molecule has 4 rings (SSSR count). The average molecular weight is 261 g/mol. The quantitative estimate of drug-likeness (QED) is 0.916. The molecular formula is C14H19N3S. The molecule has 0 radical (unpaired) electrons. The maximum absolute atomic E-state index is 4.71. The van der Waals surface area contributed by atoms with E-state index in [9.17, 15) is 0 Å². The van der Waals surface area contributed by atoms with E-state index in [4.69, 9.17) is 4.98 Å². The van der Waals surface area contributed by atoms with Gasteiger partial charge in [0.2, 0.25) is 0 Å². The normalized spacial score (nSPS) is 31.7. The molecule has 1 N–H and O–H groups in total. The Hall–Kier alpha value is -0.870. The molecule has 3 atom stereocenters. The zero-order valence-corrected chi connectivity index (χ0v) is 11.5. The lowest BCUT2D eigenvalue weighted by Crippen LogP contribution is -2.31. The van der Waals surface area contributed by atoms with Gasteiger partial charge in [-0.2, -0.15) is 0 Å². The van der Waals surface area contributed by atoms with Crippen molar-refractivity contribution in [1.29, 1.82) is 0 Å². The Morgan fingerprint density at radius 3 is 3.06 bits per heavy atom. The molecule has 2 aliphatic carbocycles. The topological polar surface area (TPSA) is 29.3 Å². The second kappa shape index (κ2) is 4.07. The first-order chi connectivity index (χ1) is 8.86. The number of hydrogen-bond acceptors (Lipinski definition) is 3. The maximum atomic E-state index is 4.71. The summed E-state index contributed by atoms with van der Waals surface area (Å²) in [6, 6.07) is 0.630. The molecule has 18 heavy (non-hydrogen) atoms. The number of nitrogens with one attached hydrogen (secondary N) is 1. The van der Waals surface area contributed by atoms with Gasteiger partial charge in [0.05, 0.1) is 5.69 Å². The summed E-state index contributed by atoms with van der Waals surface area (Å²) < 4.78 is 2.14. The van der Waals surface area contributed by atoms with Crippen molar-refractivity contribution in [3.63, 3.8) is 0 Å². The van der Waals surface area contributed by atoms with Gasteiger partial charge < -0.3 is 5.32 Å². The highest BCUT2D eigenvalue weighted by Gasteiger charge is 2.55. The minimum atomic E-state index is 0.630. The zero-order valence-electron chi connectivity index (χ0n) is 10.7. The van der Waals surface area contributed by atoms with Crippen molar-refractivity contribution in [2.45, 2.75) is 31.7 Å². The fourth-order valence-corrected chi connectivity index (χ4v) is 4.72. The first-order valence-corrected chi connectivity index (χ1v) is 7.83. The van der Waals surface area contributed by atoms with Crippen LogP contribution in [0.4, 0.5) is 0 Å². The highest BCUT2D eigenvalue weighted by atomic mass is 32.1. The number of aromatic nitrogens is 2. The molecule has 3 unspecified atom stereocenters. The zero-order chi connectivity index (χ0) is 12.1. The van der Waals surface area contributed by atoms with Crippen molar-refractivity contribution in [3.8, 4) is 0 Å². The van der Waals surface area contributed by atoms with Crippen LogP contribution in [-0.2, 0) is 6.42 Å². The van der Waals surface area contributed by atoms with E-state index in [0.717, 1.165) is 29.1 Å². The van der Waals surface area contributed by atoms with Gasteiger partial charge in [-0.15, -0.1) is 11.3 Å². The average Bonchev–Trinajstić information content (AvgIpc) is 2.83. The third-order valence-corrected chi connectivity index (χ3v) is 5.65. The summed E-state index contributed by atoms with van der Waals surface area (Å²) in [5, 5.41) is 5.62. The molecular weight excluding hydrogens is 242 g/mol. The summed E-state index contributed by atoms with van der Waals surface area (Å²) in [6.07, 6.45) is 9.76. The number of imidazole rings is 1. The maximum Gasteiger partial charge on any atom is 0.193 e. The second-order valence-corrected chi connectivity index (χ2v) is 6.63. The van der Waals surface area contributed by atoms with E-state index in [0.29, 0.717) is 6.04 Å². The molecule has 0 aliphatic heterocycles. The van der Waals surface area contributed by atoms with E-state index >= 15 is 0 Å². The second-order valence-electron chi connectivity index (χ2n) is 5.76. The van der Waals surface area contributed by atoms with Crippen molar-refractivity contribution in [2.24, 2.45) is 17.8 Å². The molecule has 2 heterocycles. The third kappa shape index (κ3) is 1.62. The smallest absolute Gasteiger partial charge is 0.193 e. The number of hydrogen-bond donors (Lipinski definition) is 1. The number of nitrogens with zero attached hydrogens (tertiary/aromatic N) is 2. The molecule has 0 spiro atoms. The Balaban J connectivity index is 1.50. The lowest BCUT2D eigenvalue weighted by Gasteiger charge is -2.16. The van der Waals surface area contributed by atoms with Gasteiger partial charge in [0.25, 0.3) is 0 Å². The minimum Gasteiger partial charge on any atom is -0.316 e. The van der Waals surface area contributed by atoms with Crippen molar-refractivity contribution < 1.29 is 0 Å². The number of likely N-dealkylation sites (N-methyl/N-ethyl adjacent to an activating group) is 1. The monoisotopic (exact) mass is 261 g/mol. The van der Waals surface area contributed by atoms with Gasteiger partial charge in [0.1, 0.15) is 0 Å². The fraction of sp³-hybridized carbons (Fsp3) is 0.643. The van der Waals surface area contributed by atoms with Crippen LogP contribution >= 0.6 is 11.3 Å². The van der Waals surface area contributed by atoms with Crippen LogP contribution in [0.25, 0.3) is 4.96 Å². The Labute approximate surface area is 111 Å². The molecule has 0 amide bonds. The van der Waals surface area contributed by atoms with Crippen LogP contribution < -0.4 is 5.32 Å². The Kier molecular flexibility index (Phi) is 2.49. The van der Waals surface area contributed by atoms with Gasteiger partial charge in [-0.1, -0.05) is 6.42 Å². The van der Waals surface area contributed by atoms with E-state index in [1.807, 2.05) is 0 Å². The highest BCUT2D eigenvalue weighted by Crippen LogP contribution is 2.59.